The van der Waals surface area contributed by atoms with Crippen LogP contribution in [0, 0.1) is 13.8 Å². The summed E-state index contributed by atoms with van der Waals surface area (Å²) < 4.78 is 7.85. The second kappa shape index (κ2) is 6.06. The van der Waals surface area contributed by atoms with Crippen molar-refractivity contribution in [3.8, 4) is 5.82 Å². The van der Waals surface area contributed by atoms with E-state index < -0.39 is 0 Å². The highest BCUT2D eigenvalue weighted by molar-refractivity contribution is 5.96. The van der Waals surface area contributed by atoms with Crippen LogP contribution < -0.4 is 0 Å². The molecule has 24 heavy (non-hydrogen) atoms. The molecule has 1 amide bonds. The molecule has 0 bridgehead atoms. The first-order valence-corrected chi connectivity index (χ1v) is 8.70. The van der Waals surface area contributed by atoms with Gasteiger partial charge in [-0.15, -0.1) is 0 Å². The molecule has 126 valence electrons. The Morgan fingerprint density at radius 1 is 1.29 bits per heavy atom. The van der Waals surface area contributed by atoms with Crippen LogP contribution in [-0.4, -0.2) is 45.7 Å². The summed E-state index contributed by atoms with van der Waals surface area (Å²) in [6.45, 7) is 5.63. The van der Waals surface area contributed by atoms with Crippen LogP contribution in [0.25, 0.3) is 5.82 Å². The van der Waals surface area contributed by atoms with Gasteiger partial charge in [0.2, 0.25) is 0 Å². The van der Waals surface area contributed by atoms with E-state index in [9.17, 15) is 4.79 Å². The Bertz CT molecular complexity index is 753. The number of piperidine rings is 1. The van der Waals surface area contributed by atoms with Crippen molar-refractivity contribution >= 4 is 5.91 Å². The Labute approximate surface area is 142 Å². The van der Waals surface area contributed by atoms with E-state index >= 15 is 0 Å². The van der Waals surface area contributed by atoms with E-state index in [1.54, 1.807) is 6.20 Å². The smallest absolute Gasteiger partial charge is 0.256 e. The summed E-state index contributed by atoms with van der Waals surface area (Å²) in [6, 6.07) is 8.07. The van der Waals surface area contributed by atoms with Crippen molar-refractivity contribution in [1.29, 1.82) is 0 Å². The molecule has 2 fully saturated rings. The van der Waals surface area contributed by atoms with Gasteiger partial charge >= 0.3 is 0 Å². The lowest BCUT2D eigenvalue weighted by molar-refractivity contribution is 0.0230. The van der Waals surface area contributed by atoms with Crippen LogP contribution in [-0.2, 0) is 4.74 Å². The molecule has 5 heteroatoms. The maximum Gasteiger partial charge on any atom is 0.256 e. The summed E-state index contributed by atoms with van der Waals surface area (Å²) >= 11 is 0. The summed E-state index contributed by atoms with van der Waals surface area (Å²) in [6.07, 6.45) is 5.05. The topological polar surface area (TPSA) is 47.4 Å². The highest BCUT2D eigenvalue weighted by Crippen LogP contribution is 2.30. The number of carbonyl (C=O) groups is 1. The SMILES string of the molecule is Cc1cc(C(=O)N2CCC[C@H]3OCC[C@H]32)c(C)n1-c1ccccn1. The first-order chi connectivity index (χ1) is 11.7. The molecular weight excluding hydrogens is 302 g/mol. The Kier molecular flexibility index (Phi) is 3.88. The number of likely N-dealkylation sites (tertiary alicyclic amines) is 1. The van der Waals surface area contributed by atoms with E-state index in [1.165, 1.54) is 0 Å². The van der Waals surface area contributed by atoms with Crippen molar-refractivity contribution in [3.05, 3.63) is 47.4 Å². The molecule has 2 aliphatic heterocycles. The molecule has 0 saturated carbocycles. The third kappa shape index (κ3) is 2.44. The van der Waals surface area contributed by atoms with E-state index in [2.05, 4.69) is 9.55 Å². The minimum Gasteiger partial charge on any atom is -0.376 e. The van der Waals surface area contributed by atoms with E-state index in [4.69, 9.17) is 4.74 Å². The number of carbonyl (C=O) groups excluding carboxylic acids is 1. The molecule has 5 nitrogen and oxygen atoms in total. The summed E-state index contributed by atoms with van der Waals surface area (Å²) in [4.78, 5) is 19.7. The van der Waals surface area contributed by atoms with Crippen LogP contribution in [0.4, 0.5) is 0 Å². The largest absolute Gasteiger partial charge is 0.376 e. The number of rotatable bonds is 2. The van der Waals surface area contributed by atoms with E-state index in [0.29, 0.717) is 0 Å². The van der Waals surface area contributed by atoms with Crippen LogP contribution in [0.5, 0.6) is 0 Å². The highest BCUT2D eigenvalue weighted by atomic mass is 16.5. The number of aromatic nitrogens is 2. The lowest BCUT2D eigenvalue weighted by Gasteiger charge is -2.36. The lowest BCUT2D eigenvalue weighted by Crippen LogP contribution is -2.48. The van der Waals surface area contributed by atoms with Gasteiger partial charge in [0.15, 0.2) is 0 Å². The predicted octanol–water partition coefficient (Wildman–Crippen LogP) is 2.88. The molecule has 4 rings (SSSR count). The van der Waals surface area contributed by atoms with Gasteiger partial charge in [-0.05, 0) is 51.3 Å². The Balaban J connectivity index is 1.68. The number of nitrogens with zero attached hydrogens (tertiary/aromatic N) is 3. The fourth-order valence-corrected chi connectivity index (χ4v) is 4.12. The van der Waals surface area contributed by atoms with Gasteiger partial charge in [-0.3, -0.25) is 4.79 Å². The number of fused-ring (bicyclic) bond motifs is 1. The van der Waals surface area contributed by atoms with Gasteiger partial charge in [-0.1, -0.05) is 6.07 Å². The second-order valence-corrected chi connectivity index (χ2v) is 6.71. The number of aryl methyl sites for hydroxylation is 1. The predicted molar refractivity (Wildman–Crippen MR) is 91.5 cm³/mol. The monoisotopic (exact) mass is 325 g/mol. The number of amides is 1. The summed E-state index contributed by atoms with van der Waals surface area (Å²) in [7, 11) is 0. The molecule has 2 atom stereocenters. The normalized spacial score (nSPS) is 23.3. The van der Waals surface area contributed by atoms with Crippen LogP contribution in [0.1, 0.15) is 41.0 Å². The molecule has 0 spiro atoms. The molecule has 2 aromatic rings. The third-order valence-corrected chi connectivity index (χ3v) is 5.26. The second-order valence-electron chi connectivity index (χ2n) is 6.71. The molecule has 2 aromatic heterocycles. The Morgan fingerprint density at radius 2 is 2.17 bits per heavy atom. The summed E-state index contributed by atoms with van der Waals surface area (Å²) in [5.41, 5.74) is 2.77. The van der Waals surface area contributed by atoms with Gasteiger partial charge in [0.05, 0.1) is 17.7 Å². The zero-order valence-corrected chi connectivity index (χ0v) is 14.2. The van der Waals surface area contributed by atoms with Crippen LogP contribution in [0.2, 0.25) is 0 Å². The van der Waals surface area contributed by atoms with Crippen LogP contribution in [0.15, 0.2) is 30.5 Å². The van der Waals surface area contributed by atoms with Gasteiger partial charge in [0.25, 0.3) is 5.91 Å². The molecule has 0 N–H and O–H groups in total. The van der Waals surface area contributed by atoms with Crippen molar-refractivity contribution in [2.24, 2.45) is 0 Å². The van der Waals surface area contributed by atoms with Gasteiger partial charge in [0, 0.05) is 30.7 Å². The molecule has 0 aromatic carbocycles. The third-order valence-electron chi connectivity index (χ3n) is 5.26. The molecule has 4 heterocycles. The fourth-order valence-electron chi connectivity index (χ4n) is 4.12. The zero-order chi connectivity index (χ0) is 16.7. The zero-order valence-electron chi connectivity index (χ0n) is 14.2. The molecule has 0 unspecified atom stereocenters. The van der Waals surface area contributed by atoms with Gasteiger partial charge in [-0.25, -0.2) is 4.98 Å². The summed E-state index contributed by atoms with van der Waals surface area (Å²) in [5.74, 6) is 0.984. The van der Waals surface area contributed by atoms with Crippen LogP contribution >= 0.6 is 0 Å². The number of pyridine rings is 1. The van der Waals surface area contributed by atoms with E-state index in [-0.39, 0.29) is 18.1 Å². The van der Waals surface area contributed by atoms with E-state index in [0.717, 1.165) is 55.2 Å². The maximum absolute atomic E-state index is 13.2. The average molecular weight is 325 g/mol. The Hall–Kier alpha value is -2.14. The number of hydrogen-bond acceptors (Lipinski definition) is 3. The molecule has 2 saturated heterocycles. The van der Waals surface area contributed by atoms with Crippen molar-refractivity contribution in [2.75, 3.05) is 13.2 Å². The average Bonchev–Trinajstić information content (AvgIpc) is 3.19. The van der Waals surface area contributed by atoms with Gasteiger partial charge in [0.1, 0.15) is 5.82 Å². The van der Waals surface area contributed by atoms with Crippen molar-refractivity contribution in [3.63, 3.8) is 0 Å². The van der Waals surface area contributed by atoms with Gasteiger partial charge in [-0.2, -0.15) is 0 Å². The van der Waals surface area contributed by atoms with Crippen LogP contribution in [0.3, 0.4) is 0 Å². The van der Waals surface area contributed by atoms with E-state index in [1.807, 2.05) is 43.0 Å². The molecule has 0 radical (unpaired) electrons. The first-order valence-electron chi connectivity index (χ1n) is 8.70. The standard InChI is InChI=1S/C19H23N3O2/c1-13-12-15(14(2)22(13)18-7-3-4-9-20-18)19(23)21-10-5-6-17-16(21)8-11-24-17/h3-4,7,9,12,16-17H,5-6,8,10-11H2,1-2H3/t16-,17-/m1/s1. The number of ether oxygens (including phenoxy) is 1. The molecule has 2 aliphatic rings. The fraction of sp³-hybridized carbons (Fsp3) is 0.474. The van der Waals surface area contributed by atoms with Gasteiger partial charge < -0.3 is 14.2 Å². The Morgan fingerprint density at radius 3 is 2.96 bits per heavy atom. The minimum atomic E-state index is 0.130. The lowest BCUT2D eigenvalue weighted by atomic mass is 9.97. The van der Waals surface area contributed by atoms with Crippen molar-refractivity contribution in [1.82, 2.24) is 14.5 Å². The first kappa shape index (κ1) is 15.4. The maximum atomic E-state index is 13.2. The van der Waals surface area contributed by atoms with Crippen molar-refractivity contribution in [2.45, 2.75) is 45.3 Å². The molecule has 0 aliphatic carbocycles. The summed E-state index contributed by atoms with van der Waals surface area (Å²) in [5, 5.41) is 0. The van der Waals surface area contributed by atoms with Crippen molar-refractivity contribution < 1.29 is 9.53 Å². The molecular formula is C19H23N3O2. The minimum absolute atomic E-state index is 0.130. The highest BCUT2D eigenvalue weighted by Gasteiger charge is 2.39. The quantitative estimate of drug-likeness (QED) is 0.853. The number of hydrogen-bond donors (Lipinski definition) is 0.